The molecule has 0 aromatic heterocycles. The third-order valence-corrected chi connectivity index (χ3v) is 5.08. The fourth-order valence-corrected chi connectivity index (χ4v) is 3.51. The number of aryl methyl sites for hydroxylation is 2. The highest BCUT2D eigenvalue weighted by atomic mass is 16.5. The summed E-state index contributed by atoms with van der Waals surface area (Å²) < 4.78 is 4.69. The molecule has 0 fully saturated rings. The summed E-state index contributed by atoms with van der Waals surface area (Å²) >= 11 is 0. The van der Waals surface area contributed by atoms with E-state index in [0.717, 1.165) is 30.6 Å². The lowest BCUT2D eigenvalue weighted by atomic mass is 9.98. The number of nitrogens with one attached hydrogen (secondary N) is 1. The summed E-state index contributed by atoms with van der Waals surface area (Å²) in [6, 6.07) is 13.3. The molecule has 0 saturated carbocycles. The van der Waals surface area contributed by atoms with Crippen LogP contribution < -0.4 is 10.2 Å². The summed E-state index contributed by atoms with van der Waals surface area (Å²) in [5.41, 5.74) is 5.18. The van der Waals surface area contributed by atoms with Crippen molar-refractivity contribution in [2.24, 2.45) is 0 Å². The van der Waals surface area contributed by atoms with Gasteiger partial charge in [0.25, 0.3) is 0 Å². The molecule has 0 bridgehead atoms. The first-order valence-corrected chi connectivity index (χ1v) is 9.30. The first-order valence-electron chi connectivity index (χ1n) is 9.30. The topological polar surface area (TPSA) is 58.6 Å². The minimum absolute atomic E-state index is 0.000435. The molecule has 0 radical (unpaired) electrons. The molecule has 5 heteroatoms. The second kappa shape index (κ2) is 8.25. The molecule has 1 N–H and O–H groups in total. The second-order valence-corrected chi connectivity index (χ2v) is 7.01. The summed E-state index contributed by atoms with van der Waals surface area (Å²) in [7, 11) is 1.36. The van der Waals surface area contributed by atoms with Gasteiger partial charge in [-0.05, 0) is 56.0 Å². The number of rotatable bonds is 5. The van der Waals surface area contributed by atoms with Crippen LogP contribution in [0.25, 0.3) is 0 Å². The molecule has 0 unspecified atom stereocenters. The maximum atomic E-state index is 12.7. The molecule has 1 aliphatic heterocycles. The quantitative estimate of drug-likeness (QED) is 0.826. The van der Waals surface area contributed by atoms with Gasteiger partial charge in [0.15, 0.2) is 0 Å². The van der Waals surface area contributed by atoms with Crippen LogP contribution in [-0.2, 0) is 22.5 Å². The second-order valence-electron chi connectivity index (χ2n) is 7.01. The van der Waals surface area contributed by atoms with Crippen molar-refractivity contribution in [1.29, 1.82) is 0 Å². The highest BCUT2D eigenvalue weighted by Gasteiger charge is 2.25. The van der Waals surface area contributed by atoms with Crippen LogP contribution >= 0.6 is 0 Å². The van der Waals surface area contributed by atoms with Crippen molar-refractivity contribution >= 4 is 17.6 Å². The number of benzene rings is 2. The molecule has 5 nitrogen and oxygen atoms in total. The molecule has 0 aliphatic carbocycles. The molecule has 27 heavy (non-hydrogen) atoms. The van der Waals surface area contributed by atoms with Crippen LogP contribution in [-0.4, -0.2) is 31.6 Å². The summed E-state index contributed by atoms with van der Waals surface area (Å²) in [5.74, 6) is -0.362. The Morgan fingerprint density at radius 3 is 2.63 bits per heavy atom. The maximum absolute atomic E-state index is 12.7. The van der Waals surface area contributed by atoms with Crippen LogP contribution in [0.4, 0.5) is 5.69 Å². The fourth-order valence-electron chi connectivity index (χ4n) is 3.51. The smallest absolute Gasteiger partial charge is 0.337 e. The van der Waals surface area contributed by atoms with Crippen LogP contribution in [0.15, 0.2) is 42.5 Å². The number of carbonyl (C=O) groups excluding carboxylic acids is 2. The molecule has 2 aromatic rings. The lowest BCUT2D eigenvalue weighted by Gasteiger charge is -2.35. The molecular weight excluding hydrogens is 340 g/mol. The predicted molar refractivity (Wildman–Crippen MR) is 106 cm³/mol. The number of anilines is 1. The van der Waals surface area contributed by atoms with Gasteiger partial charge in [-0.3, -0.25) is 4.79 Å². The van der Waals surface area contributed by atoms with Crippen LogP contribution in [0.2, 0.25) is 0 Å². The van der Waals surface area contributed by atoms with E-state index in [1.807, 2.05) is 19.1 Å². The van der Waals surface area contributed by atoms with Gasteiger partial charge in [0.1, 0.15) is 6.04 Å². The van der Waals surface area contributed by atoms with Gasteiger partial charge >= 0.3 is 5.97 Å². The van der Waals surface area contributed by atoms with E-state index in [2.05, 4.69) is 35.3 Å². The van der Waals surface area contributed by atoms with E-state index in [1.54, 1.807) is 12.1 Å². The van der Waals surface area contributed by atoms with E-state index in [9.17, 15) is 9.59 Å². The third kappa shape index (κ3) is 4.30. The molecule has 2 aromatic carbocycles. The monoisotopic (exact) mass is 366 g/mol. The summed E-state index contributed by atoms with van der Waals surface area (Å²) in [6.45, 7) is 5.36. The van der Waals surface area contributed by atoms with Crippen molar-refractivity contribution < 1.29 is 14.3 Å². The van der Waals surface area contributed by atoms with Crippen LogP contribution in [0.5, 0.6) is 0 Å². The van der Waals surface area contributed by atoms with Gasteiger partial charge in [-0.15, -0.1) is 0 Å². The van der Waals surface area contributed by atoms with Crippen molar-refractivity contribution in [2.75, 3.05) is 18.6 Å². The molecule has 3 rings (SSSR count). The SMILES string of the molecule is COC(=O)c1ccc(CNC(=O)[C@H](C)N2CCCc3cc(C)ccc32)cc1. The molecular formula is C22H26N2O3. The van der Waals surface area contributed by atoms with E-state index in [1.165, 1.54) is 18.2 Å². The molecule has 1 aliphatic rings. The number of hydrogen-bond acceptors (Lipinski definition) is 4. The van der Waals surface area contributed by atoms with Crippen molar-refractivity contribution in [3.63, 3.8) is 0 Å². The number of methoxy groups -OCH3 is 1. The fraction of sp³-hybridized carbons (Fsp3) is 0.364. The number of amides is 1. The number of hydrogen-bond donors (Lipinski definition) is 1. The Morgan fingerprint density at radius 2 is 1.93 bits per heavy atom. The van der Waals surface area contributed by atoms with E-state index < -0.39 is 0 Å². The first-order chi connectivity index (χ1) is 13.0. The summed E-state index contributed by atoms with van der Waals surface area (Å²) in [5, 5.41) is 3.00. The van der Waals surface area contributed by atoms with Gasteiger partial charge in [0, 0.05) is 18.8 Å². The number of nitrogens with zero attached hydrogens (tertiary/aromatic N) is 1. The van der Waals surface area contributed by atoms with E-state index >= 15 is 0 Å². The Hall–Kier alpha value is -2.82. The van der Waals surface area contributed by atoms with Gasteiger partial charge in [0.05, 0.1) is 12.7 Å². The lowest BCUT2D eigenvalue weighted by molar-refractivity contribution is -0.122. The number of ether oxygens (including phenoxy) is 1. The normalized spacial score (nSPS) is 14.3. The lowest BCUT2D eigenvalue weighted by Crippen LogP contribution is -2.47. The molecule has 0 saturated heterocycles. The number of carbonyl (C=O) groups is 2. The third-order valence-electron chi connectivity index (χ3n) is 5.08. The maximum Gasteiger partial charge on any atom is 0.337 e. The molecule has 1 atom stereocenters. The molecule has 142 valence electrons. The van der Waals surface area contributed by atoms with E-state index in [0.29, 0.717) is 12.1 Å². The largest absolute Gasteiger partial charge is 0.465 e. The first kappa shape index (κ1) is 19.0. The number of esters is 1. The van der Waals surface area contributed by atoms with Crippen LogP contribution in [0, 0.1) is 6.92 Å². The Kier molecular flexibility index (Phi) is 5.79. The van der Waals surface area contributed by atoms with Gasteiger partial charge < -0.3 is 15.0 Å². The molecule has 1 amide bonds. The predicted octanol–water partition coefficient (Wildman–Crippen LogP) is 3.24. The summed E-state index contributed by atoms with van der Waals surface area (Å²) in [4.78, 5) is 26.4. The average Bonchev–Trinajstić information content (AvgIpc) is 2.70. The standard InChI is InChI=1S/C22H26N2O3/c1-15-6-11-20-19(13-15)5-4-12-24(20)16(2)21(25)23-14-17-7-9-18(10-8-17)22(26)27-3/h6-11,13,16H,4-5,12,14H2,1-3H3,(H,23,25)/t16-/m0/s1. The van der Waals surface area contributed by atoms with Gasteiger partial charge in [-0.2, -0.15) is 0 Å². The van der Waals surface area contributed by atoms with E-state index in [-0.39, 0.29) is 17.9 Å². The van der Waals surface area contributed by atoms with Crippen molar-refractivity contribution in [1.82, 2.24) is 5.32 Å². The zero-order valence-corrected chi connectivity index (χ0v) is 16.1. The molecule has 1 heterocycles. The van der Waals surface area contributed by atoms with Crippen LogP contribution in [0.1, 0.15) is 40.4 Å². The van der Waals surface area contributed by atoms with Gasteiger partial charge in [0.2, 0.25) is 5.91 Å². The highest BCUT2D eigenvalue weighted by Crippen LogP contribution is 2.29. The van der Waals surface area contributed by atoms with Crippen LogP contribution in [0.3, 0.4) is 0 Å². The zero-order chi connectivity index (χ0) is 19.4. The summed E-state index contributed by atoms with van der Waals surface area (Å²) in [6.07, 6.45) is 2.12. The molecule has 0 spiro atoms. The zero-order valence-electron chi connectivity index (χ0n) is 16.1. The number of fused-ring (bicyclic) bond motifs is 1. The Bertz CT molecular complexity index is 830. The van der Waals surface area contributed by atoms with Crippen molar-refractivity contribution in [3.8, 4) is 0 Å². The Morgan fingerprint density at radius 1 is 1.19 bits per heavy atom. The van der Waals surface area contributed by atoms with Crippen molar-refractivity contribution in [3.05, 3.63) is 64.7 Å². The Balaban J connectivity index is 1.63. The van der Waals surface area contributed by atoms with Crippen molar-refractivity contribution in [2.45, 2.75) is 39.3 Å². The minimum Gasteiger partial charge on any atom is -0.465 e. The Labute approximate surface area is 160 Å². The highest BCUT2D eigenvalue weighted by molar-refractivity contribution is 5.89. The van der Waals surface area contributed by atoms with E-state index in [4.69, 9.17) is 4.74 Å². The van der Waals surface area contributed by atoms with Gasteiger partial charge in [-0.1, -0.05) is 29.8 Å². The van der Waals surface area contributed by atoms with Gasteiger partial charge in [-0.25, -0.2) is 4.79 Å². The minimum atomic E-state index is -0.363. The average molecular weight is 366 g/mol.